The SMILES string of the molecule is COc1ccc2c(c1)C1(Nc3ccccc3C(=O)N1Cc1ccccc1)C(=O)N2. The molecule has 0 aromatic heterocycles. The summed E-state index contributed by atoms with van der Waals surface area (Å²) in [6, 6.07) is 22.3. The van der Waals surface area contributed by atoms with Crippen LogP contribution in [-0.2, 0) is 17.0 Å². The van der Waals surface area contributed by atoms with Gasteiger partial charge in [0.1, 0.15) is 5.75 Å². The average molecular weight is 385 g/mol. The van der Waals surface area contributed by atoms with Gasteiger partial charge in [-0.05, 0) is 35.9 Å². The molecule has 0 aliphatic carbocycles. The number of carbonyl (C=O) groups is 2. The molecule has 2 heterocycles. The maximum Gasteiger partial charge on any atom is 0.276 e. The highest BCUT2D eigenvalue weighted by molar-refractivity contribution is 6.14. The molecular weight excluding hydrogens is 366 g/mol. The van der Waals surface area contributed by atoms with E-state index in [0.29, 0.717) is 28.3 Å². The number of carbonyl (C=O) groups excluding carboxylic acids is 2. The number of benzene rings is 3. The van der Waals surface area contributed by atoms with Crippen LogP contribution in [0, 0.1) is 0 Å². The molecule has 6 nitrogen and oxygen atoms in total. The van der Waals surface area contributed by atoms with Crippen LogP contribution in [-0.4, -0.2) is 23.8 Å². The van der Waals surface area contributed by atoms with E-state index in [-0.39, 0.29) is 18.4 Å². The van der Waals surface area contributed by atoms with Crippen molar-refractivity contribution in [3.8, 4) is 5.75 Å². The summed E-state index contributed by atoms with van der Waals surface area (Å²) in [7, 11) is 1.58. The predicted molar refractivity (Wildman–Crippen MR) is 110 cm³/mol. The van der Waals surface area contributed by atoms with E-state index in [1.165, 1.54) is 0 Å². The molecule has 0 saturated heterocycles. The summed E-state index contributed by atoms with van der Waals surface area (Å²) in [6.07, 6.45) is 0. The molecule has 0 radical (unpaired) electrons. The smallest absolute Gasteiger partial charge is 0.276 e. The predicted octanol–water partition coefficient (Wildman–Crippen LogP) is 3.57. The summed E-state index contributed by atoms with van der Waals surface area (Å²) in [6.45, 7) is 0.283. The van der Waals surface area contributed by atoms with Crippen molar-refractivity contribution in [2.24, 2.45) is 0 Å². The maximum atomic E-state index is 13.6. The summed E-state index contributed by atoms with van der Waals surface area (Å²) in [5.41, 5.74) is 2.08. The number of nitrogens with zero attached hydrogens (tertiary/aromatic N) is 1. The van der Waals surface area contributed by atoms with Crippen LogP contribution >= 0.6 is 0 Å². The highest BCUT2D eigenvalue weighted by Gasteiger charge is 2.56. The Morgan fingerprint density at radius 2 is 1.69 bits per heavy atom. The van der Waals surface area contributed by atoms with Gasteiger partial charge in [0, 0.05) is 23.5 Å². The van der Waals surface area contributed by atoms with E-state index < -0.39 is 5.66 Å². The third-order valence-corrected chi connectivity index (χ3v) is 5.50. The van der Waals surface area contributed by atoms with Gasteiger partial charge in [0.2, 0.25) is 5.66 Å². The van der Waals surface area contributed by atoms with E-state index in [4.69, 9.17) is 4.74 Å². The van der Waals surface area contributed by atoms with Gasteiger partial charge < -0.3 is 15.4 Å². The fraction of sp³-hybridized carbons (Fsp3) is 0.130. The molecule has 3 aromatic rings. The molecule has 6 heteroatoms. The lowest BCUT2D eigenvalue weighted by atomic mass is 9.92. The Morgan fingerprint density at radius 3 is 2.48 bits per heavy atom. The van der Waals surface area contributed by atoms with Gasteiger partial charge in [-0.25, -0.2) is 0 Å². The largest absolute Gasteiger partial charge is 0.497 e. The molecule has 0 saturated carbocycles. The molecule has 1 atom stereocenters. The van der Waals surface area contributed by atoms with E-state index in [0.717, 1.165) is 5.56 Å². The molecule has 2 N–H and O–H groups in total. The van der Waals surface area contributed by atoms with Crippen LogP contribution in [0.25, 0.3) is 0 Å². The molecular formula is C23H19N3O3. The van der Waals surface area contributed by atoms with Crippen LogP contribution in [0.15, 0.2) is 72.8 Å². The molecule has 2 aliphatic heterocycles. The molecule has 2 aliphatic rings. The molecule has 2 amide bonds. The van der Waals surface area contributed by atoms with Gasteiger partial charge in [0.25, 0.3) is 11.8 Å². The van der Waals surface area contributed by atoms with E-state index in [9.17, 15) is 9.59 Å². The van der Waals surface area contributed by atoms with E-state index in [1.54, 1.807) is 36.3 Å². The minimum absolute atomic E-state index is 0.200. The number of fused-ring (bicyclic) bond motifs is 3. The molecule has 3 aromatic carbocycles. The first-order chi connectivity index (χ1) is 14.1. The topological polar surface area (TPSA) is 70.7 Å². The molecule has 0 fully saturated rings. The second kappa shape index (κ2) is 6.38. The lowest BCUT2D eigenvalue weighted by Gasteiger charge is -2.44. The standard InChI is InChI=1S/C23H19N3O3/c1-29-16-11-12-20-18(13-16)23(22(28)24-20)25-19-10-6-5-9-17(19)21(27)26(23)14-15-7-3-2-4-8-15/h2-13,25H,14H2,1H3,(H,24,28). The lowest BCUT2D eigenvalue weighted by molar-refractivity contribution is -0.125. The van der Waals surface area contributed by atoms with Gasteiger partial charge in [-0.1, -0.05) is 42.5 Å². The van der Waals surface area contributed by atoms with Crippen molar-refractivity contribution >= 4 is 23.2 Å². The third-order valence-electron chi connectivity index (χ3n) is 5.50. The number of methoxy groups -OCH3 is 1. The third kappa shape index (κ3) is 2.49. The van der Waals surface area contributed by atoms with Crippen molar-refractivity contribution in [3.05, 3.63) is 89.5 Å². The molecule has 1 unspecified atom stereocenters. The Balaban J connectivity index is 1.73. The second-order valence-corrected chi connectivity index (χ2v) is 7.12. The van der Waals surface area contributed by atoms with Gasteiger partial charge in [0.05, 0.1) is 12.7 Å². The molecule has 1 spiro atoms. The Morgan fingerprint density at radius 1 is 0.931 bits per heavy atom. The summed E-state index contributed by atoms with van der Waals surface area (Å²) in [4.78, 5) is 28.5. The number of amides is 2. The Hall–Kier alpha value is -3.80. The normalized spacial score (nSPS) is 19.4. The quantitative estimate of drug-likeness (QED) is 0.723. The molecule has 144 valence electrons. The Bertz CT molecular complexity index is 1130. The Kier molecular flexibility index (Phi) is 3.81. The van der Waals surface area contributed by atoms with Crippen LogP contribution in [0.5, 0.6) is 5.75 Å². The number of nitrogens with one attached hydrogen (secondary N) is 2. The number of rotatable bonds is 3. The summed E-state index contributed by atoms with van der Waals surface area (Å²) in [5.74, 6) is 0.126. The van der Waals surface area contributed by atoms with Crippen molar-refractivity contribution in [1.29, 1.82) is 0 Å². The minimum atomic E-state index is -1.36. The van der Waals surface area contributed by atoms with Crippen molar-refractivity contribution in [2.75, 3.05) is 17.7 Å². The molecule has 0 bridgehead atoms. The first kappa shape index (κ1) is 17.3. The van der Waals surface area contributed by atoms with Crippen molar-refractivity contribution in [3.63, 3.8) is 0 Å². The van der Waals surface area contributed by atoms with Gasteiger partial charge in [-0.15, -0.1) is 0 Å². The second-order valence-electron chi connectivity index (χ2n) is 7.12. The fourth-order valence-corrected chi connectivity index (χ4v) is 4.08. The maximum absolute atomic E-state index is 13.6. The fourth-order valence-electron chi connectivity index (χ4n) is 4.08. The summed E-state index contributed by atoms with van der Waals surface area (Å²) in [5, 5.41) is 6.29. The zero-order valence-electron chi connectivity index (χ0n) is 15.8. The molecule has 5 rings (SSSR count). The highest BCUT2D eigenvalue weighted by atomic mass is 16.5. The number of para-hydroxylation sites is 1. The van der Waals surface area contributed by atoms with Crippen LogP contribution < -0.4 is 15.4 Å². The van der Waals surface area contributed by atoms with E-state index >= 15 is 0 Å². The number of hydrogen-bond acceptors (Lipinski definition) is 4. The zero-order chi connectivity index (χ0) is 20.0. The monoisotopic (exact) mass is 385 g/mol. The summed E-state index contributed by atoms with van der Waals surface area (Å²) >= 11 is 0. The van der Waals surface area contributed by atoms with Crippen molar-refractivity contribution in [1.82, 2.24) is 4.90 Å². The highest BCUT2D eigenvalue weighted by Crippen LogP contribution is 2.46. The van der Waals surface area contributed by atoms with Gasteiger partial charge in [0.15, 0.2) is 0 Å². The van der Waals surface area contributed by atoms with Gasteiger partial charge in [-0.2, -0.15) is 0 Å². The van der Waals surface area contributed by atoms with Crippen LogP contribution in [0.1, 0.15) is 21.5 Å². The lowest BCUT2D eigenvalue weighted by Crippen LogP contribution is -2.60. The average Bonchev–Trinajstić information content (AvgIpc) is 3.03. The van der Waals surface area contributed by atoms with E-state index in [1.807, 2.05) is 48.5 Å². The zero-order valence-corrected chi connectivity index (χ0v) is 15.8. The Labute approximate surface area is 168 Å². The van der Waals surface area contributed by atoms with Crippen LogP contribution in [0.3, 0.4) is 0 Å². The molecule has 29 heavy (non-hydrogen) atoms. The van der Waals surface area contributed by atoms with Crippen molar-refractivity contribution < 1.29 is 14.3 Å². The van der Waals surface area contributed by atoms with Gasteiger partial charge >= 0.3 is 0 Å². The van der Waals surface area contributed by atoms with Gasteiger partial charge in [-0.3, -0.25) is 14.5 Å². The number of hydrogen-bond donors (Lipinski definition) is 2. The van der Waals surface area contributed by atoms with Crippen LogP contribution in [0.4, 0.5) is 11.4 Å². The number of anilines is 2. The minimum Gasteiger partial charge on any atom is -0.497 e. The van der Waals surface area contributed by atoms with Crippen LogP contribution in [0.2, 0.25) is 0 Å². The number of ether oxygens (including phenoxy) is 1. The first-order valence-corrected chi connectivity index (χ1v) is 9.36. The first-order valence-electron chi connectivity index (χ1n) is 9.36. The summed E-state index contributed by atoms with van der Waals surface area (Å²) < 4.78 is 5.39. The van der Waals surface area contributed by atoms with Crippen molar-refractivity contribution in [2.45, 2.75) is 12.2 Å². The van der Waals surface area contributed by atoms with E-state index in [2.05, 4.69) is 10.6 Å².